The van der Waals surface area contributed by atoms with Gasteiger partial charge in [0.05, 0.1) is 12.7 Å². The fraction of sp³-hybridized carbons (Fsp3) is 0.217. The van der Waals surface area contributed by atoms with Crippen LogP contribution in [0.1, 0.15) is 36.7 Å². The van der Waals surface area contributed by atoms with E-state index in [1.165, 1.54) is 7.11 Å². The van der Waals surface area contributed by atoms with Gasteiger partial charge in [-0.05, 0) is 41.8 Å². The zero-order valence-corrected chi connectivity index (χ0v) is 16.4. The van der Waals surface area contributed by atoms with Crippen molar-refractivity contribution in [3.8, 4) is 23.1 Å². The number of pyridine rings is 1. The summed E-state index contributed by atoms with van der Waals surface area (Å²) in [7, 11) is 1.34. The first-order chi connectivity index (χ1) is 13.4. The second-order valence-electron chi connectivity index (χ2n) is 7.28. The molecule has 5 nitrogen and oxygen atoms in total. The van der Waals surface area contributed by atoms with Gasteiger partial charge in [-0.25, -0.2) is 9.78 Å². The number of hydrogen-bond donors (Lipinski definition) is 0. The van der Waals surface area contributed by atoms with Gasteiger partial charge in [0.25, 0.3) is 5.88 Å². The lowest BCUT2D eigenvalue weighted by molar-refractivity contribution is 0.0600. The second-order valence-corrected chi connectivity index (χ2v) is 7.28. The lowest BCUT2D eigenvalue weighted by Gasteiger charge is -2.22. The Labute approximate surface area is 164 Å². The molecule has 28 heavy (non-hydrogen) atoms. The molecule has 0 unspecified atom stereocenters. The van der Waals surface area contributed by atoms with E-state index in [0.717, 1.165) is 11.3 Å². The van der Waals surface area contributed by atoms with Crippen LogP contribution in [-0.2, 0) is 10.2 Å². The van der Waals surface area contributed by atoms with Gasteiger partial charge in [-0.1, -0.05) is 45.0 Å². The average Bonchev–Trinajstić information content (AvgIpc) is 2.69. The summed E-state index contributed by atoms with van der Waals surface area (Å²) in [5, 5.41) is 0. The summed E-state index contributed by atoms with van der Waals surface area (Å²) in [6, 6.07) is 18.2. The molecule has 0 aliphatic rings. The highest BCUT2D eigenvalue weighted by Gasteiger charge is 2.20. The van der Waals surface area contributed by atoms with Crippen molar-refractivity contribution in [3.05, 3.63) is 78.0 Å². The number of para-hydroxylation sites is 1. The molecule has 0 atom stereocenters. The number of carbonyl (C=O) groups is 1. The van der Waals surface area contributed by atoms with Crippen molar-refractivity contribution < 1.29 is 19.0 Å². The summed E-state index contributed by atoms with van der Waals surface area (Å²) in [5.41, 5.74) is 1.39. The standard InChI is InChI=1S/C23H23NO4/c1-23(2,3)18-11-5-6-12-19(18)28-21-20(13-8-14-24-21)27-17-10-7-9-16(15-17)22(25)26-4/h5-15H,1-4H3. The molecule has 0 spiro atoms. The molecular formula is C23H23NO4. The third-order valence-corrected chi connectivity index (χ3v) is 4.12. The maximum atomic E-state index is 11.7. The molecule has 0 amide bonds. The van der Waals surface area contributed by atoms with Crippen LogP contribution in [0, 0.1) is 0 Å². The van der Waals surface area contributed by atoms with E-state index in [1.54, 1.807) is 42.6 Å². The van der Waals surface area contributed by atoms with E-state index < -0.39 is 5.97 Å². The molecule has 5 heteroatoms. The number of hydrogen-bond acceptors (Lipinski definition) is 5. The van der Waals surface area contributed by atoms with Crippen molar-refractivity contribution in [3.63, 3.8) is 0 Å². The van der Waals surface area contributed by atoms with Crippen molar-refractivity contribution in [2.75, 3.05) is 7.11 Å². The molecule has 0 saturated heterocycles. The van der Waals surface area contributed by atoms with Crippen molar-refractivity contribution in [2.45, 2.75) is 26.2 Å². The van der Waals surface area contributed by atoms with E-state index in [4.69, 9.17) is 14.2 Å². The molecule has 0 saturated carbocycles. The van der Waals surface area contributed by atoms with Crippen LogP contribution in [-0.4, -0.2) is 18.1 Å². The molecule has 3 aromatic rings. The largest absolute Gasteiger partial charge is 0.465 e. The topological polar surface area (TPSA) is 57.7 Å². The Balaban J connectivity index is 1.91. The lowest BCUT2D eigenvalue weighted by Crippen LogP contribution is -2.12. The number of rotatable bonds is 5. The van der Waals surface area contributed by atoms with E-state index in [2.05, 4.69) is 25.8 Å². The highest BCUT2D eigenvalue weighted by atomic mass is 16.5. The number of benzene rings is 2. The van der Waals surface area contributed by atoms with Gasteiger partial charge in [0.2, 0.25) is 0 Å². The highest BCUT2D eigenvalue weighted by molar-refractivity contribution is 5.89. The molecule has 0 N–H and O–H groups in total. The summed E-state index contributed by atoms with van der Waals surface area (Å²) in [5.74, 6) is 1.59. The van der Waals surface area contributed by atoms with Crippen molar-refractivity contribution in [1.82, 2.24) is 4.98 Å². The maximum Gasteiger partial charge on any atom is 0.337 e. The molecule has 144 valence electrons. The van der Waals surface area contributed by atoms with Crippen molar-refractivity contribution in [1.29, 1.82) is 0 Å². The summed E-state index contributed by atoms with van der Waals surface area (Å²) in [6.07, 6.45) is 1.65. The van der Waals surface area contributed by atoms with Crippen LogP contribution >= 0.6 is 0 Å². The fourth-order valence-corrected chi connectivity index (χ4v) is 2.74. The minimum Gasteiger partial charge on any atom is -0.465 e. The second kappa shape index (κ2) is 8.13. The van der Waals surface area contributed by atoms with Crippen LogP contribution in [0.4, 0.5) is 0 Å². The SMILES string of the molecule is COC(=O)c1cccc(Oc2cccnc2Oc2ccccc2C(C)(C)C)c1. The monoisotopic (exact) mass is 377 g/mol. The Morgan fingerprint density at radius 2 is 1.64 bits per heavy atom. The van der Waals surface area contributed by atoms with Crippen molar-refractivity contribution in [2.24, 2.45) is 0 Å². The highest BCUT2D eigenvalue weighted by Crippen LogP contribution is 2.37. The Morgan fingerprint density at radius 1 is 0.893 bits per heavy atom. The Hall–Kier alpha value is -3.34. The number of esters is 1. The zero-order valence-electron chi connectivity index (χ0n) is 16.4. The molecular weight excluding hydrogens is 354 g/mol. The predicted octanol–water partition coefficient (Wildman–Crippen LogP) is 5.75. The van der Waals surface area contributed by atoms with Gasteiger partial charge < -0.3 is 14.2 Å². The molecule has 0 aliphatic carbocycles. The lowest BCUT2D eigenvalue weighted by atomic mass is 9.86. The van der Waals surface area contributed by atoms with Crippen LogP contribution in [0.3, 0.4) is 0 Å². The molecule has 0 fully saturated rings. The van der Waals surface area contributed by atoms with Gasteiger partial charge in [-0.2, -0.15) is 0 Å². The first-order valence-corrected chi connectivity index (χ1v) is 8.97. The normalized spacial score (nSPS) is 11.0. The van der Waals surface area contributed by atoms with Gasteiger partial charge in [-0.15, -0.1) is 0 Å². The van der Waals surface area contributed by atoms with E-state index in [-0.39, 0.29) is 5.41 Å². The third-order valence-electron chi connectivity index (χ3n) is 4.12. The van der Waals surface area contributed by atoms with E-state index in [1.807, 2.05) is 24.3 Å². The Morgan fingerprint density at radius 3 is 2.39 bits per heavy atom. The van der Waals surface area contributed by atoms with Crippen LogP contribution in [0.2, 0.25) is 0 Å². The fourth-order valence-electron chi connectivity index (χ4n) is 2.74. The number of ether oxygens (including phenoxy) is 3. The molecule has 1 heterocycles. The number of aromatic nitrogens is 1. The minimum absolute atomic E-state index is 0.0821. The first kappa shape index (κ1) is 19.4. The van der Waals surface area contributed by atoms with Gasteiger partial charge in [-0.3, -0.25) is 0 Å². The number of nitrogens with zero attached hydrogens (tertiary/aromatic N) is 1. The molecule has 0 aliphatic heterocycles. The van der Waals surface area contributed by atoms with Crippen LogP contribution in [0.25, 0.3) is 0 Å². The molecule has 1 aromatic heterocycles. The van der Waals surface area contributed by atoms with E-state index >= 15 is 0 Å². The Kier molecular flexibility index (Phi) is 5.64. The third kappa shape index (κ3) is 4.49. The molecule has 2 aromatic carbocycles. The van der Waals surface area contributed by atoms with Crippen LogP contribution in [0.15, 0.2) is 66.9 Å². The van der Waals surface area contributed by atoms with E-state index in [0.29, 0.717) is 22.9 Å². The molecule has 0 bridgehead atoms. The predicted molar refractivity (Wildman–Crippen MR) is 107 cm³/mol. The molecule has 3 rings (SSSR count). The summed E-state index contributed by atoms with van der Waals surface area (Å²) >= 11 is 0. The summed E-state index contributed by atoms with van der Waals surface area (Å²) in [4.78, 5) is 16.1. The van der Waals surface area contributed by atoms with Gasteiger partial charge in [0, 0.05) is 11.8 Å². The molecule has 0 radical (unpaired) electrons. The zero-order chi connectivity index (χ0) is 20.1. The first-order valence-electron chi connectivity index (χ1n) is 8.97. The van der Waals surface area contributed by atoms with Crippen LogP contribution in [0.5, 0.6) is 23.1 Å². The quantitative estimate of drug-likeness (QED) is 0.530. The average molecular weight is 377 g/mol. The summed E-state index contributed by atoms with van der Waals surface area (Å²) in [6.45, 7) is 6.38. The Bertz CT molecular complexity index is 976. The van der Waals surface area contributed by atoms with Gasteiger partial charge >= 0.3 is 5.97 Å². The van der Waals surface area contributed by atoms with E-state index in [9.17, 15) is 4.79 Å². The summed E-state index contributed by atoms with van der Waals surface area (Å²) < 4.78 is 16.8. The maximum absolute atomic E-state index is 11.7. The van der Waals surface area contributed by atoms with Crippen molar-refractivity contribution >= 4 is 5.97 Å². The number of methoxy groups -OCH3 is 1. The van der Waals surface area contributed by atoms with Crippen LogP contribution < -0.4 is 9.47 Å². The number of carbonyl (C=O) groups excluding carboxylic acids is 1. The van der Waals surface area contributed by atoms with Gasteiger partial charge in [0.1, 0.15) is 11.5 Å². The smallest absolute Gasteiger partial charge is 0.337 e. The minimum atomic E-state index is -0.424. The van der Waals surface area contributed by atoms with Gasteiger partial charge in [0.15, 0.2) is 5.75 Å².